The first-order valence-corrected chi connectivity index (χ1v) is 6.16. The number of hydrogen-bond donors (Lipinski definition) is 1. The van der Waals surface area contributed by atoms with Gasteiger partial charge in [0.25, 0.3) is 0 Å². The summed E-state index contributed by atoms with van der Waals surface area (Å²) < 4.78 is 0. The Morgan fingerprint density at radius 1 is 1.16 bits per heavy atom. The fourth-order valence-corrected chi connectivity index (χ4v) is 1.86. The SMILES string of the molecule is Cc1nc(C(=O)O)cc(-c2ccc(C(C)C)cc2)n1. The largest absolute Gasteiger partial charge is 0.477 e. The molecule has 4 heteroatoms. The van der Waals surface area contributed by atoms with E-state index in [4.69, 9.17) is 5.11 Å². The molecule has 19 heavy (non-hydrogen) atoms. The van der Waals surface area contributed by atoms with Gasteiger partial charge in [0, 0.05) is 5.56 Å². The molecule has 4 nitrogen and oxygen atoms in total. The van der Waals surface area contributed by atoms with Gasteiger partial charge in [-0.15, -0.1) is 0 Å². The van der Waals surface area contributed by atoms with Crippen LogP contribution >= 0.6 is 0 Å². The molecule has 0 saturated heterocycles. The van der Waals surface area contributed by atoms with Crippen molar-refractivity contribution in [3.63, 3.8) is 0 Å². The lowest BCUT2D eigenvalue weighted by Gasteiger charge is -2.07. The summed E-state index contributed by atoms with van der Waals surface area (Å²) in [5.41, 5.74) is 2.81. The van der Waals surface area contributed by atoms with Gasteiger partial charge in [0.15, 0.2) is 5.69 Å². The number of carbonyl (C=O) groups is 1. The Morgan fingerprint density at radius 2 is 1.79 bits per heavy atom. The van der Waals surface area contributed by atoms with Crippen molar-refractivity contribution in [2.24, 2.45) is 0 Å². The van der Waals surface area contributed by atoms with Crippen LogP contribution in [0.2, 0.25) is 0 Å². The van der Waals surface area contributed by atoms with Gasteiger partial charge >= 0.3 is 5.97 Å². The van der Waals surface area contributed by atoms with Gasteiger partial charge in [-0.1, -0.05) is 38.1 Å². The first-order chi connectivity index (χ1) is 8.97. The van der Waals surface area contributed by atoms with Crippen molar-refractivity contribution < 1.29 is 9.90 Å². The summed E-state index contributed by atoms with van der Waals surface area (Å²) >= 11 is 0. The maximum atomic E-state index is 11.0. The van der Waals surface area contributed by atoms with Crippen LogP contribution in [0.25, 0.3) is 11.3 Å². The minimum atomic E-state index is -1.04. The molecule has 1 aromatic carbocycles. The highest BCUT2D eigenvalue weighted by Crippen LogP contribution is 2.21. The standard InChI is InChI=1S/C15H16N2O2/c1-9(2)11-4-6-12(7-5-11)13-8-14(15(18)19)17-10(3)16-13/h4-9H,1-3H3,(H,18,19). The van der Waals surface area contributed by atoms with Gasteiger partial charge in [-0.25, -0.2) is 14.8 Å². The zero-order valence-electron chi connectivity index (χ0n) is 11.2. The topological polar surface area (TPSA) is 63.1 Å². The number of carboxylic acid groups (broad SMARTS) is 1. The van der Waals surface area contributed by atoms with E-state index >= 15 is 0 Å². The molecule has 2 aromatic rings. The maximum absolute atomic E-state index is 11.0. The molecule has 2 rings (SSSR count). The van der Waals surface area contributed by atoms with Crippen LogP contribution in [0.5, 0.6) is 0 Å². The summed E-state index contributed by atoms with van der Waals surface area (Å²) in [6, 6.07) is 9.50. The van der Waals surface area contributed by atoms with Gasteiger partial charge in [0.2, 0.25) is 0 Å². The van der Waals surface area contributed by atoms with Crippen molar-refractivity contribution in [1.29, 1.82) is 0 Å². The van der Waals surface area contributed by atoms with E-state index in [-0.39, 0.29) is 5.69 Å². The number of aryl methyl sites for hydroxylation is 1. The predicted molar refractivity (Wildman–Crippen MR) is 73.3 cm³/mol. The van der Waals surface area contributed by atoms with Crippen LogP contribution in [0.3, 0.4) is 0 Å². The summed E-state index contributed by atoms with van der Waals surface area (Å²) in [5, 5.41) is 9.01. The van der Waals surface area contributed by atoms with E-state index in [9.17, 15) is 4.79 Å². The highest BCUT2D eigenvalue weighted by atomic mass is 16.4. The van der Waals surface area contributed by atoms with Gasteiger partial charge in [0.05, 0.1) is 5.69 Å². The van der Waals surface area contributed by atoms with E-state index < -0.39 is 5.97 Å². The molecule has 1 N–H and O–H groups in total. The lowest BCUT2D eigenvalue weighted by atomic mass is 10.0. The molecule has 0 amide bonds. The second-order valence-corrected chi connectivity index (χ2v) is 4.77. The van der Waals surface area contributed by atoms with Crippen LogP contribution < -0.4 is 0 Å². The number of aromatic carboxylic acids is 1. The van der Waals surface area contributed by atoms with Gasteiger partial charge in [-0.2, -0.15) is 0 Å². The molecule has 1 heterocycles. The smallest absolute Gasteiger partial charge is 0.354 e. The average molecular weight is 256 g/mol. The Hall–Kier alpha value is -2.23. The highest BCUT2D eigenvalue weighted by Gasteiger charge is 2.10. The Labute approximate surface area is 112 Å². The second kappa shape index (κ2) is 5.18. The Bertz CT molecular complexity index is 604. The third-order valence-electron chi connectivity index (χ3n) is 2.93. The fraction of sp³-hybridized carbons (Fsp3) is 0.267. The molecule has 0 bridgehead atoms. The van der Waals surface area contributed by atoms with Crippen LogP contribution in [0, 0.1) is 6.92 Å². The Morgan fingerprint density at radius 3 is 2.32 bits per heavy atom. The molecular formula is C15H16N2O2. The second-order valence-electron chi connectivity index (χ2n) is 4.77. The third kappa shape index (κ3) is 2.96. The predicted octanol–water partition coefficient (Wildman–Crippen LogP) is 3.27. The van der Waals surface area contributed by atoms with E-state index in [1.807, 2.05) is 24.3 Å². The molecule has 0 aliphatic rings. The number of aromatic nitrogens is 2. The molecule has 0 atom stereocenters. The number of carboxylic acids is 1. The third-order valence-corrected chi connectivity index (χ3v) is 2.93. The fourth-order valence-electron chi connectivity index (χ4n) is 1.86. The van der Waals surface area contributed by atoms with Gasteiger partial charge < -0.3 is 5.11 Å². The normalized spacial score (nSPS) is 10.7. The van der Waals surface area contributed by atoms with Gasteiger partial charge in [-0.3, -0.25) is 0 Å². The number of benzene rings is 1. The molecule has 1 aromatic heterocycles. The van der Waals surface area contributed by atoms with Crippen LogP contribution in [0.1, 0.15) is 41.6 Å². The summed E-state index contributed by atoms with van der Waals surface area (Å²) in [6.07, 6.45) is 0. The molecule has 0 fully saturated rings. The maximum Gasteiger partial charge on any atom is 0.354 e. The first-order valence-electron chi connectivity index (χ1n) is 6.16. The molecule has 0 unspecified atom stereocenters. The Kier molecular flexibility index (Phi) is 3.60. The molecular weight excluding hydrogens is 240 g/mol. The molecule has 0 spiro atoms. The van der Waals surface area contributed by atoms with Crippen LogP contribution in [-0.2, 0) is 0 Å². The van der Waals surface area contributed by atoms with Crippen molar-refractivity contribution in [3.05, 3.63) is 47.4 Å². The zero-order chi connectivity index (χ0) is 14.0. The van der Waals surface area contributed by atoms with E-state index in [2.05, 4.69) is 23.8 Å². The van der Waals surface area contributed by atoms with E-state index in [0.29, 0.717) is 17.4 Å². The van der Waals surface area contributed by atoms with E-state index in [1.54, 1.807) is 6.92 Å². The minimum Gasteiger partial charge on any atom is -0.477 e. The number of hydrogen-bond acceptors (Lipinski definition) is 3. The summed E-state index contributed by atoms with van der Waals surface area (Å²) in [7, 11) is 0. The zero-order valence-corrected chi connectivity index (χ0v) is 11.2. The molecule has 0 saturated carbocycles. The summed E-state index contributed by atoms with van der Waals surface area (Å²) in [5.74, 6) is -0.107. The van der Waals surface area contributed by atoms with Crippen molar-refractivity contribution in [2.75, 3.05) is 0 Å². The Balaban J connectivity index is 2.43. The van der Waals surface area contributed by atoms with Gasteiger partial charge in [-0.05, 0) is 24.5 Å². The van der Waals surface area contributed by atoms with Crippen molar-refractivity contribution >= 4 is 5.97 Å². The van der Waals surface area contributed by atoms with Crippen LogP contribution in [0.15, 0.2) is 30.3 Å². The average Bonchev–Trinajstić information content (AvgIpc) is 2.38. The van der Waals surface area contributed by atoms with Crippen LogP contribution in [0.4, 0.5) is 0 Å². The summed E-state index contributed by atoms with van der Waals surface area (Å²) in [4.78, 5) is 19.2. The van der Waals surface area contributed by atoms with Crippen molar-refractivity contribution in [1.82, 2.24) is 9.97 Å². The van der Waals surface area contributed by atoms with Crippen molar-refractivity contribution in [3.8, 4) is 11.3 Å². The van der Waals surface area contributed by atoms with E-state index in [0.717, 1.165) is 5.56 Å². The monoisotopic (exact) mass is 256 g/mol. The molecule has 98 valence electrons. The number of rotatable bonds is 3. The van der Waals surface area contributed by atoms with Gasteiger partial charge in [0.1, 0.15) is 5.82 Å². The molecule has 0 radical (unpaired) electrons. The lowest BCUT2D eigenvalue weighted by molar-refractivity contribution is 0.0690. The molecule has 0 aliphatic carbocycles. The van der Waals surface area contributed by atoms with E-state index in [1.165, 1.54) is 11.6 Å². The van der Waals surface area contributed by atoms with Crippen LogP contribution in [-0.4, -0.2) is 21.0 Å². The molecule has 0 aliphatic heterocycles. The minimum absolute atomic E-state index is 0.0236. The summed E-state index contributed by atoms with van der Waals surface area (Å²) in [6.45, 7) is 5.96. The van der Waals surface area contributed by atoms with Crippen molar-refractivity contribution in [2.45, 2.75) is 26.7 Å². The first kappa shape index (κ1) is 13.2. The highest BCUT2D eigenvalue weighted by molar-refractivity contribution is 5.86. The lowest BCUT2D eigenvalue weighted by Crippen LogP contribution is -2.04. The number of nitrogens with zero attached hydrogens (tertiary/aromatic N) is 2. The quantitative estimate of drug-likeness (QED) is 0.915.